The van der Waals surface area contributed by atoms with E-state index in [-0.39, 0.29) is 11.4 Å². The number of rotatable bonds is 4. The van der Waals surface area contributed by atoms with E-state index in [1.807, 2.05) is 6.07 Å². The number of nitrogens with one attached hydrogen (secondary N) is 1. The predicted molar refractivity (Wildman–Crippen MR) is 135 cm³/mol. The Morgan fingerprint density at radius 2 is 2.06 bits per heavy atom. The van der Waals surface area contributed by atoms with Crippen molar-refractivity contribution in [2.24, 2.45) is 16.0 Å². The van der Waals surface area contributed by atoms with Crippen molar-refractivity contribution >= 4 is 45.9 Å². The third-order valence-corrected chi connectivity index (χ3v) is 7.04. The zero-order valence-electron chi connectivity index (χ0n) is 19.5. The Bertz CT molecular complexity index is 1290. The van der Waals surface area contributed by atoms with Crippen molar-refractivity contribution in [2.75, 3.05) is 19.7 Å². The van der Waals surface area contributed by atoms with Crippen molar-refractivity contribution in [3.05, 3.63) is 53.3 Å². The Kier molecular flexibility index (Phi) is 6.29. The summed E-state index contributed by atoms with van der Waals surface area (Å²) in [6, 6.07) is 10.4. The Morgan fingerprint density at radius 1 is 1.26 bits per heavy atom. The summed E-state index contributed by atoms with van der Waals surface area (Å²) in [4.78, 5) is 31.1. The molecule has 1 aromatic heterocycles. The fourth-order valence-corrected chi connectivity index (χ4v) is 5.00. The minimum absolute atomic E-state index is 0.0323. The summed E-state index contributed by atoms with van der Waals surface area (Å²) in [6.45, 7) is 6.11. The zero-order valence-corrected chi connectivity index (χ0v) is 20.3. The number of carbonyl (C=O) groups excluding carboxylic acids is 2. The molecule has 0 spiro atoms. The second-order valence-electron chi connectivity index (χ2n) is 8.58. The van der Waals surface area contributed by atoms with Gasteiger partial charge in [-0.25, -0.2) is 4.79 Å². The standard InChI is InChI=1S/C25H25N5O4S/c1-3-33-23(32)17-6-4-5-16(13-17)20-8-7-18(34-20)14-19-21(26)30-24(27-22(19)31)35-25(28-30)29-11-9-15(2)10-12-29/h4-8,13-15,26H,3,9-12H2,1-2H3/b19-14-,26-21?. The van der Waals surface area contributed by atoms with Gasteiger partial charge in [0.05, 0.1) is 17.7 Å². The number of furan rings is 1. The Labute approximate surface area is 207 Å². The highest BCUT2D eigenvalue weighted by molar-refractivity contribution is 8.26. The Hall–Kier alpha value is -3.66. The summed E-state index contributed by atoms with van der Waals surface area (Å²) >= 11 is 1.33. The van der Waals surface area contributed by atoms with Gasteiger partial charge in [0.15, 0.2) is 11.0 Å². The van der Waals surface area contributed by atoms with Crippen LogP contribution in [0, 0.1) is 11.3 Å². The van der Waals surface area contributed by atoms with Crippen molar-refractivity contribution in [1.82, 2.24) is 9.91 Å². The summed E-state index contributed by atoms with van der Waals surface area (Å²) in [7, 11) is 0. The highest BCUT2D eigenvalue weighted by Crippen LogP contribution is 2.32. The third kappa shape index (κ3) is 4.66. The van der Waals surface area contributed by atoms with Gasteiger partial charge in [0.25, 0.3) is 5.91 Å². The molecule has 1 amide bonds. The van der Waals surface area contributed by atoms with Crippen LogP contribution in [0.2, 0.25) is 0 Å². The molecule has 1 fully saturated rings. The fraction of sp³-hybridized carbons (Fsp3) is 0.320. The van der Waals surface area contributed by atoms with Crippen LogP contribution in [0.4, 0.5) is 0 Å². The van der Waals surface area contributed by atoms with Crippen LogP contribution in [-0.4, -0.2) is 57.7 Å². The molecule has 0 bridgehead atoms. The van der Waals surface area contributed by atoms with E-state index in [9.17, 15) is 9.59 Å². The molecule has 4 heterocycles. The number of esters is 1. The molecule has 0 saturated carbocycles. The monoisotopic (exact) mass is 491 g/mol. The van der Waals surface area contributed by atoms with E-state index < -0.39 is 11.9 Å². The number of ether oxygens (including phenoxy) is 1. The van der Waals surface area contributed by atoms with E-state index in [1.54, 1.807) is 37.3 Å². The fourth-order valence-electron chi connectivity index (χ4n) is 4.05. The third-order valence-electron chi connectivity index (χ3n) is 6.07. The van der Waals surface area contributed by atoms with Crippen molar-refractivity contribution in [2.45, 2.75) is 26.7 Å². The van der Waals surface area contributed by atoms with Crippen molar-refractivity contribution < 1.29 is 18.7 Å². The topological polar surface area (TPSA) is 112 Å². The maximum absolute atomic E-state index is 12.7. The van der Waals surface area contributed by atoms with Crippen LogP contribution in [0.5, 0.6) is 0 Å². The molecular formula is C25H25N5O4S. The minimum Gasteiger partial charge on any atom is -0.462 e. The SMILES string of the molecule is CCOC(=O)c1cccc(-c2ccc(/C=C3/C(=N)N4N=C(N5CCC(C)CC5)SC4=NC3=O)o2)c1. The van der Waals surface area contributed by atoms with Gasteiger partial charge in [-0.2, -0.15) is 10.0 Å². The lowest BCUT2D eigenvalue weighted by molar-refractivity contribution is -0.114. The van der Waals surface area contributed by atoms with Crippen LogP contribution in [0.3, 0.4) is 0 Å². The lowest BCUT2D eigenvalue weighted by Crippen LogP contribution is -2.36. The number of carbonyl (C=O) groups is 2. The first-order chi connectivity index (χ1) is 16.9. The first-order valence-electron chi connectivity index (χ1n) is 11.6. The van der Waals surface area contributed by atoms with Gasteiger partial charge < -0.3 is 14.1 Å². The average Bonchev–Trinajstić information content (AvgIpc) is 3.50. The number of benzene rings is 1. The maximum Gasteiger partial charge on any atom is 0.338 e. The number of piperidine rings is 1. The molecule has 9 nitrogen and oxygen atoms in total. The molecule has 1 saturated heterocycles. The number of hydrazone groups is 1. The number of thioether (sulfide) groups is 1. The molecule has 10 heteroatoms. The molecule has 0 radical (unpaired) electrons. The van der Waals surface area contributed by atoms with Crippen LogP contribution >= 0.6 is 11.8 Å². The van der Waals surface area contributed by atoms with Gasteiger partial charge in [-0.1, -0.05) is 19.1 Å². The second-order valence-corrected chi connectivity index (χ2v) is 9.51. The van der Waals surface area contributed by atoms with Crippen LogP contribution in [-0.2, 0) is 9.53 Å². The quantitative estimate of drug-likeness (QED) is 0.497. The molecule has 0 unspecified atom stereocenters. The first kappa shape index (κ1) is 23.1. The van der Waals surface area contributed by atoms with Gasteiger partial charge in [0.1, 0.15) is 11.5 Å². The Balaban J connectivity index is 1.36. The first-order valence-corrected chi connectivity index (χ1v) is 12.4. The lowest BCUT2D eigenvalue weighted by atomic mass is 10.00. The van der Waals surface area contributed by atoms with E-state index in [0.29, 0.717) is 40.3 Å². The molecule has 5 rings (SSSR count). The molecule has 1 aromatic carbocycles. The molecule has 0 atom stereocenters. The minimum atomic E-state index is -0.500. The molecule has 1 N–H and O–H groups in total. The van der Waals surface area contributed by atoms with E-state index in [2.05, 4.69) is 21.9 Å². The molecule has 2 aromatic rings. The van der Waals surface area contributed by atoms with Gasteiger partial charge in [-0.3, -0.25) is 10.2 Å². The van der Waals surface area contributed by atoms with Gasteiger partial charge in [0, 0.05) is 18.7 Å². The van der Waals surface area contributed by atoms with Crippen molar-refractivity contribution in [1.29, 1.82) is 5.41 Å². The normalized spacial score (nSPS) is 19.7. The molecule has 0 aliphatic carbocycles. The number of hydrogen-bond acceptors (Lipinski definition) is 8. The molecular weight excluding hydrogens is 466 g/mol. The summed E-state index contributed by atoms with van der Waals surface area (Å²) in [5, 5.41) is 15.8. The van der Waals surface area contributed by atoms with Gasteiger partial charge in [0.2, 0.25) is 5.17 Å². The highest BCUT2D eigenvalue weighted by atomic mass is 32.2. The second kappa shape index (κ2) is 9.53. The molecule has 3 aliphatic heterocycles. The number of fused-ring (bicyclic) bond motifs is 1. The summed E-state index contributed by atoms with van der Waals surface area (Å²) in [5.41, 5.74) is 1.23. The van der Waals surface area contributed by atoms with Crippen molar-refractivity contribution in [3.63, 3.8) is 0 Å². The van der Waals surface area contributed by atoms with E-state index in [0.717, 1.165) is 31.1 Å². The summed E-state index contributed by atoms with van der Waals surface area (Å²) < 4.78 is 11.0. The number of nitrogens with zero attached hydrogens (tertiary/aromatic N) is 4. The van der Waals surface area contributed by atoms with E-state index in [4.69, 9.17) is 14.6 Å². The number of aliphatic imine (C=N–C) groups is 1. The maximum atomic E-state index is 12.7. The Morgan fingerprint density at radius 3 is 2.83 bits per heavy atom. The highest BCUT2D eigenvalue weighted by Gasteiger charge is 2.38. The van der Waals surface area contributed by atoms with Crippen molar-refractivity contribution in [3.8, 4) is 11.3 Å². The van der Waals surface area contributed by atoms with Crippen LogP contribution in [0.1, 0.15) is 42.8 Å². The van der Waals surface area contributed by atoms with E-state index >= 15 is 0 Å². The van der Waals surface area contributed by atoms with Crippen LogP contribution in [0.15, 0.2) is 56.5 Å². The molecule has 3 aliphatic rings. The predicted octanol–water partition coefficient (Wildman–Crippen LogP) is 4.43. The number of hydrogen-bond donors (Lipinski definition) is 1. The number of amides is 1. The molecule has 180 valence electrons. The van der Waals surface area contributed by atoms with Crippen LogP contribution < -0.4 is 0 Å². The van der Waals surface area contributed by atoms with Gasteiger partial charge >= 0.3 is 5.97 Å². The molecule has 35 heavy (non-hydrogen) atoms. The van der Waals surface area contributed by atoms with Gasteiger partial charge in [-0.15, -0.1) is 5.10 Å². The largest absolute Gasteiger partial charge is 0.462 e. The van der Waals surface area contributed by atoms with E-state index in [1.165, 1.54) is 22.8 Å². The number of amidine groups is 3. The van der Waals surface area contributed by atoms with Gasteiger partial charge in [-0.05, 0) is 67.8 Å². The lowest BCUT2D eigenvalue weighted by Gasteiger charge is -2.30. The number of likely N-dealkylation sites (tertiary alicyclic amines) is 1. The summed E-state index contributed by atoms with van der Waals surface area (Å²) in [5.74, 6) is 0.682. The van der Waals surface area contributed by atoms with Crippen LogP contribution in [0.25, 0.3) is 17.4 Å². The summed E-state index contributed by atoms with van der Waals surface area (Å²) in [6.07, 6.45) is 3.69. The smallest absolute Gasteiger partial charge is 0.338 e. The zero-order chi connectivity index (χ0) is 24.5. The average molecular weight is 492 g/mol.